The van der Waals surface area contributed by atoms with Crippen molar-refractivity contribution in [1.82, 2.24) is 5.16 Å². The molecule has 0 radical (unpaired) electrons. The summed E-state index contributed by atoms with van der Waals surface area (Å²) in [4.78, 5) is 11.3. The predicted octanol–water partition coefficient (Wildman–Crippen LogP) is 3.57. The van der Waals surface area contributed by atoms with Gasteiger partial charge in [-0.25, -0.2) is 0 Å². The van der Waals surface area contributed by atoms with Crippen LogP contribution in [-0.4, -0.2) is 16.3 Å². The Morgan fingerprint density at radius 2 is 2.06 bits per heavy atom. The number of hydrogen-bond donors (Lipinski definition) is 0. The van der Waals surface area contributed by atoms with Gasteiger partial charge in [0.25, 0.3) is 0 Å². The molecule has 2 rings (SSSR count). The molecule has 16 heavy (non-hydrogen) atoms. The number of carbonyl (C=O) groups is 1. The molecule has 0 spiro atoms. The molecule has 1 aromatic carbocycles. The highest BCUT2D eigenvalue weighted by atomic mass is 79.9. The first-order valence-electron chi connectivity index (χ1n) is 4.52. The normalized spacial score (nSPS) is 10.4. The van der Waals surface area contributed by atoms with Gasteiger partial charge < -0.3 is 4.52 Å². The van der Waals surface area contributed by atoms with Gasteiger partial charge in [0.15, 0.2) is 0 Å². The SMILES string of the molecule is O=C(CBr)c1cc(-c2ccc(Cl)cc2)no1. The van der Waals surface area contributed by atoms with Gasteiger partial charge in [-0.05, 0) is 12.1 Å². The number of hydrogen-bond acceptors (Lipinski definition) is 3. The van der Waals surface area contributed by atoms with Crippen LogP contribution in [-0.2, 0) is 0 Å². The first kappa shape index (κ1) is 11.4. The van der Waals surface area contributed by atoms with E-state index in [1.165, 1.54) is 0 Å². The molecule has 0 unspecified atom stereocenters. The first-order valence-corrected chi connectivity index (χ1v) is 6.02. The van der Waals surface area contributed by atoms with Crippen LogP contribution in [0.3, 0.4) is 0 Å². The molecule has 1 aromatic heterocycles. The zero-order chi connectivity index (χ0) is 11.5. The fourth-order valence-corrected chi connectivity index (χ4v) is 1.63. The van der Waals surface area contributed by atoms with E-state index in [9.17, 15) is 4.79 Å². The molecule has 1 heterocycles. The highest BCUT2D eigenvalue weighted by molar-refractivity contribution is 9.09. The Hall–Kier alpha value is -1.13. The second-order valence-electron chi connectivity index (χ2n) is 3.14. The molecule has 0 aliphatic heterocycles. The summed E-state index contributed by atoms with van der Waals surface area (Å²) in [5.41, 5.74) is 1.49. The van der Waals surface area contributed by atoms with Crippen LogP contribution in [0.1, 0.15) is 10.6 Å². The Bertz CT molecular complexity index is 507. The molecule has 0 aliphatic rings. The zero-order valence-corrected chi connectivity index (χ0v) is 10.5. The molecule has 0 saturated carbocycles. The van der Waals surface area contributed by atoms with Crippen LogP contribution >= 0.6 is 27.5 Å². The number of nitrogens with zero attached hydrogens (tertiary/aromatic N) is 1. The molecular formula is C11H7BrClNO2. The van der Waals surface area contributed by atoms with Crippen molar-refractivity contribution in [3.05, 3.63) is 41.1 Å². The lowest BCUT2D eigenvalue weighted by molar-refractivity contribution is 0.0985. The highest BCUT2D eigenvalue weighted by Crippen LogP contribution is 2.21. The molecule has 0 fully saturated rings. The second kappa shape index (κ2) is 4.80. The summed E-state index contributed by atoms with van der Waals surface area (Å²) < 4.78 is 4.94. The average molecular weight is 301 g/mol. The topological polar surface area (TPSA) is 43.1 Å². The fraction of sp³-hybridized carbons (Fsp3) is 0.0909. The molecule has 0 aliphatic carbocycles. The number of benzene rings is 1. The summed E-state index contributed by atoms with van der Waals surface area (Å²) in [6.07, 6.45) is 0. The largest absolute Gasteiger partial charge is 0.352 e. The van der Waals surface area contributed by atoms with E-state index in [-0.39, 0.29) is 16.9 Å². The van der Waals surface area contributed by atoms with Crippen LogP contribution < -0.4 is 0 Å². The minimum atomic E-state index is -0.132. The van der Waals surface area contributed by atoms with E-state index in [2.05, 4.69) is 21.1 Å². The van der Waals surface area contributed by atoms with Gasteiger partial charge in [-0.15, -0.1) is 0 Å². The Labute approximate surface area is 106 Å². The maximum absolute atomic E-state index is 11.3. The highest BCUT2D eigenvalue weighted by Gasteiger charge is 2.12. The van der Waals surface area contributed by atoms with E-state index >= 15 is 0 Å². The number of rotatable bonds is 3. The number of halogens is 2. The second-order valence-corrected chi connectivity index (χ2v) is 4.14. The Balaban J connectivity index is 2.31. The Morgan fingerprint density at radius 1 is 1.38 bits per heavy atom. The molecular weight excluding hydrogens is 293 g/mol. The van der Waals surface area contributed by atoms with Crippen LogP contribution in [0.4, 0.5) is 0 Å². The van der Waals surface area contributed by atoms with Crippen molar-refractivity contribution in [2.45, 2.75) is 0 Å². The van der Waals surface area contributed by atoms with E-state index in [4.69, 9.17) is 16.1 Å². The number of carbonyl (C=O) groups excluding carboxylic acids is 1. The molecule has 0 atom stereocenters. The Morgan fingerprint density at radius 3 is 2.69 bits per heavy atom. The molecule has 82 valence electrons. The molecule has 3 nitrogen and oxygen atoms in total. The van der Waals surface area contributed by atoms with Crippen LogP contribution in [0.2, 0.25) is 5.02 Å². The summed E-state index contributed by atoms with van der Waals surface area (Å²) in [6.45, 7) is 0. The summed E-state index contributed by atoms with van der Waals surface area (Å²) in [6, 6.07) is 8.78. The van der Waals surface area contributed by atoms with Crippen LogP contribution in [0.5, 0.6) is 0 Å². The minimum Gasteiger partial charge on any atom is -0.352 e. The van der Waals surface area contributed by atoms with E-state index in [0.717, 1.165) is 5.56 Å². The molecule has 2 aromatic rings. The number of ketones is 1. The maximum Gasteiger partial charge on any atom is 0.211 e. The van der Waals surface area contributed by atoms with Crippen LogP contribution in [0.25, 0.3) is 11.3 Å². The van der Waals surface area contributed by atoms with Gasteiger partial charge in [0, 0.05) is 16.7 Å². The van der Waals surface area contributed by atoms with E-state index in [0.29, 0.717) is 10.7 Å². The smallest absolute Gasteiger partial charge is 0.211 e. The summed E-state index contributed by atoms with van der Waals surface area (Å²) in [5, 5.41) is 4.71. The summed E-state index contributed by atoms with van der Waals surface area (Å²) in [7, 11) is 0. The lowest BCUT2D eigenvalue weighted by atomic mass is 10.1. The first-order chi connectivity index (χ1) is 7.70. The van der Waals surface area contributed by atoms with Crippen molar-refractivity contribution in [2.75, 3.05) is 5.33 Å². The lowest BCUT2D eigenvalue weighted by Crippen LogP contribution is -1.96. The summed E-state index contributed by atoms with van der Waals surface area (Å²) >= 11 is 8.84. The predicted molar refractivity (Wildman–Crippen MR) is 65.1 cm³/mol. The Kier molecular flexibility index (Phi) is 3.41. The van der Waals surface area contributed by atoms with Gasteiger partial charge >= 0.3 is 0 Å². The number of aromatic nitrogens is 1. The van der Waals surface area contributed by atoms with Gasteiger partial charge in [-0.3, -0.25) is 4.79 Å². The van der Waals surface area contributed by atoms with E-state index in [1.54, 1.807) is 18.2 Å². The van der Waals surface area contributed by atoms with Crippen molar-refractivity contribution in [1.29, 1.82) is 0 Å². The standard InChI is InChI=1S/C11H7BrClNO2/c12-6-10(15)11-5-9(14-16-11)7-1-3-8(13)4-2-7/h1-5H,6H2. The van der Waals surface area contributed by atoms with E-state index < -0.39 is 0 Å². The van der Waals surface area contributed by atoms with Crippen LogP contribution in [0.15, 0.2) is 34.9 Å². The average Bonchev–Trinajstić information content (AvgIpc) is 2.78. The summed E-state index contributed by atoms with van der Waals surface area (Å²) in [5.74, 6) is 0.120. The number of Topliss-reactive ketones (excluding diaryl/α,β-unsaturated/α-hetero) is 1. The third kappa shape index (κ3) is 2.33. The van der Waals surface area contributed by atoms with Gasteiger partial charge in [0.1, 0.15) is 5.69 Å². The zero-order valence-electron chi connectivity index (χ0n) is 8.11. The van der Waals surface area contributed by atoms with Gasteiger partial charge in [0.05, 0.1) is 5.33 Å². The molecule has 5 heteroatoms. The maximum atomic E-state index is 11.3. The third-order valence-electron chi connectivity index (χ3n) is 2.05. The van der Waals surface area contributed by atoms with Crippen molar-refractivity contribution < 1.29 is 9.32 Å². The van der Waals surface area contributed by atoms with E-state index in [1.807, 2.05) is 12.1 Å². The van der Waals surface area contributed by atoms with Gasteiger partial charge in [-0.1, -0.05) is 44.8 Å². The molecule has 0 saturated heterocycles. The van der Waals surface area contributed by atoms with Gasteiger partial charge in [0.2, 0.25) is 11.5 Å². The monoisotopic (exact) mass is 299 g/mol. The third-order valence-corrected chi connectivity index (χ3v) is 2.81. The minimum absolute atomic E-state index is 0.132. The van der Waals surface area contributed by atoms with Crippen molar-refractivity contribution >= 4 is 33.3 Å². The fourth-order valence-electron chi connectivity index (χ4n) is 1.23. The molecule has 0 amide bonds. The van der Waals surface area contributed by atoms with Crippen molar-refractivity contribution in [3.8, 4) is 11.3 Å². The van der Waals surface area contributed by atoms with Gasteiger partial charge in [-0.2, -0.15) is 0 Å². The van der Waals surface area contributed by atoms with Crippen LogP contribution in [0, 0.1) is 0 Å². The molecule has 0 N–H and O–H groups in total. The van der Waals surface area contributed by atoms with Crippen molar-refractivity contribution in [2.24, 2.45) is 0 Å². The lowest BCUT2D eigenvalue weighted by Gasteiger charge is -1.93. The molecule has 0 bridgehead atoms. The number of alkyl halides is 1. The van der Waals surface area contributed by atoms with Crippen molar-refractivity contribution in [3.63, 3.8) is 0 Å². The quantitative estimate of drug-likeness (QED) is 0.643.